The van der Waals surface area contributed by atoms with Gasteiger partial charge >= 0.3 is 5.97 Å². The molecular formula is C20H21NO5. The van der Waals surface area contributed by atoms with Gasteiger partial charge in [-0.25, -0.2) is 4.79 Å². The van der Waals surface area contributed by atoms with Gasteiger partial charge in [0.1, 0.15) is 0 Å². The molecule has 2 aromatic carbocycles. The summed E-state index contributed by atoms with van der Waals surface area (Å²) in [6, 6.07) is 12.3. The van der Waals surface area contributed by atoms with Crippen molar-refractivity contribution in [2.24, 2.45) is 0 Å². The van der Waals surface area contributed by atoms with Gasteiger partial charge in [0.05, 0.1) is 19.3 Å². The Hall–Kier alpha value is -3.02. The lowest BCUT2D eigenvalue weighted by Gasteiger charge is -2.33. The molecule has 6 heteroatoms. The zero-order valence-corrected chi connectivity index (χ0v) is 15.0. The number of rotatable bonds is 5. The van der Waals surface area contributed by atoms with E-state index in [4.69, 9.17) is 14.2 Å². The Morgan fingerprint density at radius 1 is 1.23 bits per heavy atom. The summed E-state index contributed by atoms with van der Waals surface area (Å²) in [4.78, 5) is 25.0. The fraction of sp³-hybridized carbons (Fsp3) is 0.300. The summed E-state index contributed by atoms with van der Waals surface area (Å²) in [6.07, 6.45) is 0.314. The second-order valence-corrected chi connectivity index (χ2v) is 6.21. The monoisotopic (exact) mass is 355 g/mol. The topological polar surface area (TPSA) is 73.9 Å². The van der Waals surface area contributed by atoms with Crippen molar-refractivity contribution in [2.45, 2.75) is 25.9 Å². The lowest BCUT2D eigenvalue weighted by Crippen LogP contribution is -2.48. The SMILES string of the molecule is CCOc1ccc(NC(=O)[C@]2(C)Cc3ccccc3C(=O)O2)cc1OC. The molecule has 3 rings (SSSR count). The number of fused-ring (bicyclic) bond motifs is 1. The number of benzene rings is 2. The average molecular weight is 355 g/mol. The van der Waals surface area contributed by atoms with Gasteiger partial charge in [-0.2, -0.15) is 0 Å². The molecule has 0 bridgehead atoms. The number of ether oxygens (including phenoxy) is 3. The molecule has 2 aromatic rings. The molecule has 1 N–H and O–H groups in total. The number of amides is 1. The van der Waals surface area contributed by atoms with Crippen molar-refractivity contribution in [2.75, 3.05) is 19.0 Å². The lowest BCUT2D eigenvalue weighted by molar-refractivity contribution is -0.134. The van der Waals surface area contributed by atoms with Crippen molar-refractivity contribution in [1.82, 2.24) is 0 Å². The largest absolute Gasteiger partial charge is 0.493 e. The molecule has 1 aliphatic rings. The predicted octanol–water partition coefficient (Wildman–Crippen LogP) is 3.20. The number of hydrogen-bond donors (Lipinski definition) is 1. The summed E-state index contributed by atoms with van der Waals surface area (Å²) in [5.41, 5.74) is 0.551. The standard InChI is InChI=1S/C20H21NO5/c1-4-25-16-10-9-14(11-17(16)24-3)21-19(23)20(2)12-13-7-5-6-8-15(13)18(22)26-20/h5-11H,4,12H2,1-3H3,(H,21,23)/t20-/m0/s1. The van der Waals surface area contributed by atoms with Crippen molar-refractivity contribution in [3.8, 4) is 11.5 Å². The Morgan fingerprint density at radius 3 is 2.73 bits per heavy atom. The predicted molar refractivity (Wildman–Crippen MR) is 96.8 cm³/mol. The highest BCUT2D eigenvalue weighted by atomic mass is 16.6. The van der Waals surface area contributed by atoms with Crippen molar-refractivity contribution in [1.29, 1.82) is 0 Å². The zero-order valence-electron chi connectivity index (χ0n) is 15.0. The van der Waals surface area contributed by atoms with Gasteiger partial charge in [-0.1, -0.05) is 18.2 Å². The van der Waals surface area contributed by atoms with Crippen LogP contribution in [0, 0.1) is 0 Å². The van der Waals surface area contributed by atoms with E-state index >= 15 is 0 Å². The van der Waals surface area contributed by atoms with Gasteiger partial charge in [-0.3, -0.25) is 4.79 Å². The summed E-state index contributed by atoms with van der Waals surface area (Å²) in [5, 5.41) is 2.80. The van der Waals surface area contributed by atoms with Crippen LogP contribution in [0.25, 0.3) is 0 Å². The third kappa shape index (κ3) is 3.35. The Labute approximate surface area is 152 Å². The summed E-state index contributed by atoms with van der Waals surface area (Å²) >= 11 is 0. The van der Waals surface area contributed by atoms with E-state index in [1.54, 1.807) is 37.3 Å². The normalized spacial score (nSPS) is 18.5. The second-order valence-electron chi connectivity index (χ2n) is 6.21. The first kappa shape index (κ1) is 17.8. The molecular weight excluding hydrogens is 334 g/mol. The van der Waals surface area contributed by atoms with E-state index in [2.05, 4.69) is 5.32 Å². The smallest absolute Gasteiger partial charge is 0.339 e. The molecule has 136 valence electrons. The number of nitrogens with one attached hydrogen (secondary N) is 1. The Balaban J connectivity index is 1.81. The molecule has 0 aromatic heterocycles. The van der Waals surface area contributed by atoms with Crippen LogP contribution in [0.2, 0.25) is 0 Å². The summed E-state index contributed by atoms with van der Waals surface area (Å²) < 4.78 is 16.2. The molecule has 0 radical (unpaired) electrons. The van der Waals surface area contributed by atoms with E-state index in [0.29, 0.717) is 35.8 Å². The minimum atomic E-state index is -1.28. The van der Waals surface area contributed by atoms with E-state index in [1.165, 1.54) is 7.11 Å². The maximum atomic E-state index is 12.8. The molecule has 1 atom stereocenters. The third-order valence-electron chi connectivity index (χ3n) is 4.28. The van der Waals surface area contributed by atoms with E-state index in [1.807, 2.05) is 19.1 Å². The van der Waals surface area contributed by atoms with Gasteiger partial charge in [0, 0.05) is 18.2 Å². The van der Waals surface area contributed by atoms with E-state index in [9.17, 15) is 9.59 Å². The third-order valence-corrected chi connectivity index (χ3v) is 4.28. The van der Waals surface area contributed by atoms with Gasteiger partial charge in [0.25, 0.3) is 5.91 Å². The van der Waals surface area contributed by atoms with Crippen molar-refractivity contribution >= 4 is 17.6 Å². The summed E-state index contributed by atoms with van der Waals surface area (Å²) in [6.45, 7) is 4.00. The van der Waals surface area contributed by atoms with Crippen LogP contribution in [0.1, 0.15) is 29.8 Å². The highest BCUT2D eigenvalue weighted by molar-refractivity contribution is 6.02. The van der Waals surface area contributed by atoms with Crippen LogP contribution in [-0.2, 0) is 16.0 Å². The Morgan fingerprint density at radius 2 is 2.00 bits per heavy atom. The number of hydrogen-bond acceptors (Lipinski definition) is 5. The number of anilines is 1. The maximum absolute atomic E-state index is 12.8. The van der Waals surface area contributed by atoms with E-state index in [-0.39, 0.29) is 0 Å². The molecule has 6 nitrogen and oxygen atoms in total. The molecule has 1 aliphatic heterocycles. The van der Waals surface area contributed by atoms with Crippen LogP contribution < -0.4 is 14.8 Å². The van der Waals surface area contributed by atoms with Gasteiger partial charge in [-0.05, 0) is 37.6 Å². The van der Waals surface area contributed by atoms with Gasteiger partial charge in [0.15, 0.2) is 17.1 Å². The number of cyclic esters (lactones) is 1. The van der Waals surface area contributed by atoms with Crippen LogP contribution >= 0.6 is 0 Å². The highest BCUT2D eigenvalue weighted by Crippen LogP contribution is 2.32. The first-order valence-electron chi connectivity index (χ1n) is 8.40. The highest BCUT2D eigenvalue weighted by Gasteiger charge is 2.42. The maximum Gasteiger partial charge on any atom is 0.339 e. The first-order chi connectivity index (χ1) is 12.5. The van der Waals surface area contributed by atoms with Crippen LogP contribution in [0.4, 0.5) is 5.69 Å². The minimum absolute atomic E-state index is 0.314. The quantitative estimate of drug-likeness (QED) is 0.834. The van der Waals surface area contributed by atoms with Gasteiger partial charge < -0.3 is 19.5 Å². The molecule has 26 heavy (non-hydrogen) atoms. The minimum Gasteiger partial charge on any atom is -0.493 e. The molecule has 1 amide bonds. The summed E-state index contributed by atoms with van der Waals surface area (Å²) in [7, 11) is 1.53. The fourth-order valence-electron chi connectivity index (χ4n) is 2.94. The van der Waals surface area contributed by atoms with Crippen molar-refractivity contribution < 1.29 is 23.8 Å². The molecule has 0 spiro atoms. The second kappa shape index (κ2) is 7.07. The Bertz CT molecular complexity index is 848. The van der Waals surface area contributed by atoms with E-state index in [0.717, 1.165) is 5.56 Å². The van der Waals surface area contributed by atoms with Crippen LogP contribution in [-0.4, -0.2) is 31.2 Å². The van der Waals surface area contributed by atoms with Crippen molar-refractivity contribution in [3.63, 3.8) is 0 Å². The molecule has 0 saturated carbocycles. The number of carbonyl (C=O) groups is 2. The van der Waals surface area contributed by atoms with Crippen LogP contribution in [0.5, 0.6) is 11.5 Å². The molecule has 0 fully saturated rings. The van der Waals surface area contributed by atoms with Crippen molar-refractivity contribution in [3.05, 3.63) is 53.6 Å². The molecule has 0 saturated heterocycles. The van der Waals surface area contributed by atoms with Crippen LogP contribution in [0.15, 0.2) is 42.5 Å². The number of carbonyl (C=O) groups excluding carboxylic acids is 2. The van der Waals surface area contributed by atoms with Gasteiger partial charge in [-0.15, -0.1) is 0 Å². The van der Waals surface area contributed by atoms with Gasteiger partial charge in [0.2, 0.25) is 0 Å². The fourth-order valence-corrected chi connectivity index (χ4v) is 2.94. The van der Waals surface area contributed by atoms with E-state index < -0.39 is 17.5 Å². The molecule has 0 unspecified atom stereocenters. The molecule has 0 aliphatic carbocycles. The lowest BCUT2D eigenvalue weighted by atomic mass is 9.89. The molecule has 1 heterocycles. The van der Waals surface area contributed by atoms with Crippen LogP contribution in [0.3, 0.4) is 0 Å². The summed E-state index contributed by atoms with van der Waals surface area (Å²) in [5.74, 6) is 0.221. The number of methoxy groups -OCH3 is 1. The average Bonchev–Trinajstić information content (AvgIpc) is 2.63. The Kier molecular flexibility index (Phi) is 4.84. The zero-order chi connectivity index (χ0) is 18.7. The number of esters is 1. The first-order valence-corrected chi connectivity index (χ1v) is 8.40.